The number of hydrogen-bond acceptors (Lipinski definition) is 13. The van der Waals surface area contributed by atoms with Gasteiger partial charge in [-0.3, -0.25) is 28.2 Å². The van der Waals surface area contributed by atoms with E-state index in [2.05, 4.69) is 18.7 Å². The molecule has 2 aliphatic rings. The van der Waals surface area contributed by atoms with Crippen LogP contribution in [0.3, 0.4) is 0 Å². The molecular formula is C17H27N3O15P2. The number of H-pyrrole nitrogens is 1. The Balaban J connectivity index is 1.61. The predicted molar refractivity (Wildman–Crippen MR) is 118 cm³/mol. The number of carbonyl (C=O) groups is 1. The first-order valence-corrected chi connectivity index (χ1v) is 13.7. The number of aromatic nitrogens is 2. The minimum Gasteiger partial charge on any atom is -0.387 e. The van der Waals surface area contributed by atoms with Gasteiger partial charge in [0.1, 0.15) is 24.4 Å². The molecule has 2 aliphatic heterocycles. The molecule has 0 spiro atoms. The van der Waals surface area contributed by atoms with Gasteiger partial charge in [0, 0.05) is 19.2 Å². The lowest BCUT2D eigenvalue weighted by molar-refractivity contribution is -0.212. The summed E-state index contributed by atoms with van der Waals surface area (Å²) < 4.78 is 49.3. The standard InChI is InChI=1S/C17H27N3O15P2/c1-7-5-9(18-8(2)21)12(23)16(32-7)34-37(29,30)35-36(27,28)31-6-10-13(24)14(25)15(33-10)20-4-3-11(22)19-17(20)26/h3-4,7,9-10,12-16,23-25H,5-6H2,1-2H3,(H,18,21)(H,27,28)(H,29,30)(H,19,22,26). The summed E-state index contributed by atoms with van der Waals surface area (Å²) in [5, 5.41) is 33.1. The summed E-state index contributed by atoms with van der Waals surface area (Å²) in [4.78, 5) is 56.2. The van der Waals surface area contributed by atoms with Gasteiger partial charge in [-0.15, -0.1) is 0 Å². The molecule has 2 fully saturated rings. The van der Waals surface area contributed by atoms with Gasteiger partial charge in [0.2, 0.25) is 5.91 Å². The number of phosphoric ester groups is 2. The quantitative estimate of drug-likeness (QED) is 0.149. The molecule has 210 valence electrons. The monoisotopic (exact) mass is 575 g/mol. The number of hydrogen-bond donors (Lipinski definition) is 7. The lowest BCUT2D eigenvalue weighted by Gasteiger charge is -2.38. The fourth-order valence-corrected chi connectivity index (χ4v) is 5.90. The molecule has 18 nitrogen and oxygen atoms in total. The SMILES string of the molecule is CC(=O)NC1CC(C)OC(OP(=O)(O)OP(=O)(O)OCC2OC(n3ccc(=O)[nH]c3=O)C(O)C2O)C1O. The second-order valence-electron chi connectivity index (χ2n) is 8.33. The molecule has 0 radical (unpaired) electrons. The summed E-state index contributed by atoms with van der Waals surface area (Å²) >= 11 is 0. The first-order valence-electron chi connectivity index (χ1n) is 10.7. The zero-order valence-electron chi connectivity index (χ0n) is 19.3. The Labute approximate surface area is 207 Å². The van der Waals surface area contributed by atoms with E-state index in [-0.39, 0.29) is 6.42 Å². The van der Waals surface area contributed by atoms with Crippen LogP contribution in [0, 0.1) is 0 Å². The highest BCUT2D eigenvalue weighted by molar-refractivity contribution is 7.61. The molecule has 37 heavy (non-hydrogen) atoms. The summed E-state index contributed by atoms with van der Waals surface area (Å²) in [6, 6.07) is 0.0349. The molecule has 0 aromatic carbocycles. The Kier molecular flexibility index (Phi) is 9.27. The Bertz CT molecular complexity index is 1190. The fourth-order valence-electron chi connectivity index (χ4n) is 3.74. The van der Waals surface area contributed by atoms with Gasteiger partial charge in [-0.2, -0.15) is 4.31 Å². The number of carbonyl (C=O) groups excluding carboxylic acids is 1. The number of nitrogens with zero attached hydrogens (tertiary/aromatic N) is 1. The first kappa shape index (κ1) is 29.8. The van der Waals surface area contributed by atoms with E-state index in [0.29, 0.717) is 0 Å². The average Bonchev–Trinajstić information content (AvgIpc) is 3.02. The molecule has 7 N–H and O–H groups in total. The van der Waals surface area contributed by atoms with E-state index in [9.17, 15) is 48.6 Å². The van der Waals surface area contributed by atoms with Crippen LogP contribution in [-0.2, 0) is 36.8 Å². The van der Waals surface area contributed by atoms with E-state index in [0.717, 1.165) is 16.8 Å². The maximum absolute atomic E-state index is 12.3. The number of aliphatic hydroxyl groups is 3. The molecule has 10 atom stereocenters. The van der Waals surface area contributed by atoms with Gasteiger partial charge in [-0.05, 0) is 13.3 Å². The molecular weight excluding hydrogens is 548 g/mol. The second-order valence-corrected chi connectivity index (χ2v) is 11.3. The van der Waals surface area contributed by atoms with Gasteiger partial charge < -0.3 is 39.9 Å². The molecule has 1 aromatic heterocycles. The van der Waals surface area contributed by atoms with E-state index in [1.807, 2.05) is 4.98 Å². The summed E-state index contributed by atoms with van der Waals surface area (Å²) in [7, 11) is -10.8. The third kappa shape index (κ3) is 7.63. The average molecular weight is 575 g/mol. The molecule has 0 saturated carbocycles. The van der Waals surface area contributed by atoms with Crippen molar-refractivity contribution in [3.8, 4) is 0 Å². The second kappa shape index (κ2) is 11.5. The number of aromatic amines is 1. The smallest absolute Gasteiger partial charge is 0.387 e. The molecule has 1 amide bonds. The Hall–Kier alpha value is -1.79. The zero-order valence-corrected chi connectivity index (χ0v) is 21.1. The number of rotatable bonds is 9. The molecule has 0 aliphatic carbocycles. The van der Waals surface area contributed by atoms with Crippen molar-refractivity contribution in [3.63, 3.8) is 0 Å². The summed E-state index contributed by atoms with van der Waals surface area (Å²) in [5.74, 6) is -0.498. The minimum absolute atomic E-state index is 0.139. The van der Waals surface area contributed by atoms with Crippen LogP contribution in [0.15, 0.2) is 21.9 Å². The van der Waals surface area contributed by atoms with E-state index in [1.54, 1.807) is 0 Å². The van der Waals surface area contributed by atoms with Crippen LogP contribution in [0.25, 0.3) is 0 Å². The number of phosphoric acid groups is 2. The Morgan fingerprint density at radius 1 is 1.16 bits per heavy atom. The first-order chi connectivity index (χ1) is 17.1. The third-order valence-electron chi connectivity index (χ3n) is 5.34. The van der Waals surface area contributed by atoms with Crippen molar-refractivity contribution in [2.75, 3.05) is 6.61 Å². The Morgan fingerprint density at radius 2 is 1.84 bits per heavy atom. The van der Waals surface area contributed by atoms with Gasteiger partial charge in [0.15, 0.2) is 12.5 Å². The van der Waals surface area contributed by atoms with Gasteiger partial charge >= 0.3 is 21.3 Å². The molecule has 20 heteroatoms. The highest BCUT2D eigenvalue weighted by Gasteiger charge is 2.47. The number of ether oxygens (including phenoxy) is 2. The van der Waals surface area contributed by atoms with Crippen molar-refractivity contribution < 1.29 is 61.9 Å². The number of aliphatic hydroxyl groups excluding tert-OH is 3. The molecule has 3 heterocycles. The molecule has 0 bridgehead atoms. The van der Waals surface area contributed by atoms with Crippen LogP contribution in [-0.4, -0.2) is 90.0 Å². The highest BCUT2D eigenvalue weighted by atomic mass is 31.3. The van der Waals surface area contributed by atoms with Gasteiger partial charge in [-0.25, -0.2) is 13.9 Å². The van der Waals surface area contributed by atoms with Crippen molar-refractivity contribution in [3.05, 3.63) is 33.1 Å². The molecule has 3 rings (SSSR count). The lowest BCUT2D eigenvalue weighted by Crippen LogP contribution is -2.55. The maximum Gasteiger partial charge on any atom is 0.483 e. The maximum atomic E-state index is 12.3. The van der Waals surface area contributed by atoms with Crippen LogP contribution in [0.4, 0.5) is 0 Å². The van der Waals surface area contributed by atoms with Crippen molar-refractivity contribution in [2.45, 2.75) is 69.3 Å². The van der Waals surface area contributed by atoms with Crippen LogP contribution < -0.4 is 16.6 Å². The summed E-state index contributed by atoms with van der Waals surface area (Å²) in [6.07, 6.45) is -9.51. The van der Waals surface area contributed by atoms with Gasteiger partial charge in [0.05, 0.1) is 18.8 Å². The van der Waals surface area contributed by atoms with Crippen LogP contribution >= 0.6 is 15.6 Å². The third-order valence-corrected chi connectivity index (χ3v) is 7.94. The minimum atomic E-state index is -5.43. The fraction of sp³-hybridized carbons (Fsp3) is 0.706. The van der Waals surface area contributed by atoms with Crippen LogP contribution in [0.1, 0.15) is 26.5 Å². The number of nitrogens with one attached hydrogen (secondary N) is 2. The largest absolute Gasteiger partial charge is 0.483 e. The Morgan fingerprint density at radius 3 is 2.46 bits per heavy atom. The zero-order chi connectivity index (χ0) is 27.7. The summed E-state index contributed by atoms with van der Waals surface area (Å²) in [6.45, 7) is 1.74. The molecule has 10 unspecified atom stereocenters. The number of amides is 1. The van der Waals surface area contributed by atoms with Crippen molar-refractivity contribution in [1.82, 2.24) is 14.9 Å². The molecule has 1 aromatic rings. The predicted octanol–water partition coefficient (Wildman–Crippen LogP) is -2.59. The highest BCUT2D eigenvalue weighted by Crippen LogP contribution is 2.61. The van der Waals surface area contributed by atoms with Crippen molar-refractivity contribution in [2.24, 2.45) is 0 Å². The topological polar surface area (TPSA) is 265 Å². The van der Waals surface area contributed by atoms with Crippen LogP contribution in [0.2, 0.25) is 0 Å². The van der Waals surface area contributed by atoms with Crippen molar-refractivity contribution in [1.29, 1.82) is 0 Å². The van der Waals surface area contributed by atoms with Gasteiger partial charge in [-0.1, -0.05) is 0 Å². The van der Waals surface area contributed by atoms with Crippen LogP contribution in [0.5, 0.6) is 0 Å². The lowest BCUT2D eigenvalue weighted by atomic mass is 10.0. The van der Waals surface area contributed by atoms with E-state index in [4.69, 9.17) is 9.47 Å². The van der Waals surface area contributed by atoms with E-state index in [1.165, 1.54) is 13.8 Å². The van der Waals surface area contributed by atoms with E-state index < -0.39 is 88.5 Å². The molecule has 2 saturated heterocycles. The van der Waals surface area contributed by atoms with Gasteiger partial charge in [0.25, 0.3) is 5.56 Å². The van der Waals surface area contributed by atoms with Crippen molar-refractivity contribution >= 4 is 21.6 Å². The normalized spacial score (nSPS) is 35.4. The van der Waals surface area contributed by atoms with E-state index >= 15 is 0 Å². The summed E-state index contributed by atoms with van der Waals surface area (Å²) in [5.41, 5.74) is -1.70.